The van der Waals surface area contributed by atoms with E-state index in [1.807, 2.05) is 66.9 Å². The summed E-state index contributed by atoms with van der Waals surface area (Å²) in [4.78, 5) is 29.2. The molecule has 0 spiro atoms. The number of rotatable bonds is 5. The summed E-state index contributed by atoms with van der Waals surface area (Å²) in [6.07, 6.45) is 1.54. The lowest BCUT2D eigenvalue weighted by Crippen LogP contribution is -2.14. The van der Waals surface area contributed by atoms with E-state index in [-0.39, 0.29) is 17.8 Å². The third-order valence-corrected chi connectivity index (χ3v) is 5.88. The number of hydrogen-bond donors (Lipinski definition) is 2. The van der Waals surface area contributed by atoms with Crippen LogP contribution >= 0.6 is 11.3 Å². The molecule has 0 bridgehead atoms. The molecule has 2 aromatic carbocycles. The summed E-state index contributed by atoms with van der Waals surface area (Å²) in [6.45, 7) is 3.31. The van der Waals surface area contributed by atoms with E-state index in [9.17, 15) is 9.59 Å². The Morgan fingerprint density at radius 1 is 1.00 bits per heavy atom. The number of aromatic nitrogens is 5. The predicted molar refractivity (Wildman–Crippen MR) is 127 cm³/mol. The molecule has 0 saturated heterocycles. The van der Waals surface area contributed by atoms with Crippen molar-refractivity contribution in [1.29, 1.82) is 0 Å². The van der Waals surface area contributed by atoms with Crippen molar-refractivity contribution in [2.45, 2.75) is 13.8 Å². The molecule has 33 heavy (non-hydrogen) atoms. The van der Waals surface area contributed by atoms with Gasteiger partial charge in [-0.25, -0.2) is 9.20 Å². The number of amides is 2. The van der Waals surface area contributed by atoms with Crippen LogP contribution in [0.2, 0.25) is 0 Å². The highest BCUT2D eigenvalue weighted by Gasteiger charge is 2.18. The van der Waals surface area contributed by atoms with Crippen molar-refractivity contribution in [2.75, 3.05) is 10.6 Å². The number of anilines is 2. The summed E-state index contributed by atoms with van der Waals surface area (Å²) in [5.74, 6) is -0.231. The van der Waals surface area contributed by atoms with Crippen molar-refractivity contribution in [3.8, 4) is 16.9 Å². The van der Waals surface area contributed by atoms with Crippen molar-refractivity contribution < 1.29 is 9.59 Å². The molecule has 9 nitrogen and oxygen atoms in total. The second-order valence-electron chi connectivity index (χ2n) is 7.35. The monoisotopic (exact) mass is 457 g/mol. The molecule has 3 aromatic heterocycles. The van der Waals surface area contributed by atoms with Crippen molar-refractivity contribution >= 4 is 39.7 Å². The minimum absolute atomic E-state index is 0.123. The van der Waals surface area contributed by atoms with Gasteiger partial charge in [-0.05, 0) is 31.2 Å². The first-order valence-electron chi connectivity index (χ1n) is 10.1. The highest BCUT2D eigenvalue weighted by Crippen LogP contribution is 2.27. The predicted octanol–water partition coefficient (Wildman–Crippen LogP) is 4.16. The van der Waals surface area contributed by atoms with E-state index in [0.717, 1.165) is 28.3 Å². The molecule has 0 aliphatic carbocycles. The quantitative estimate of drug-likeness (QED) is 0.412. The molecule has 10 heteroatoms. The van der Waals surface area contributed by atoms with Gasteiger partial charge in [-0.15, -0.1) is 16.4 Å². The Hall–Kier alpha value is -4.31. The van der Waals surface area contributed by atoms with Crippen LogP contribution < -0.4 is 10.6 Å². The molecule has 5 aromatic rings. The zero-order chi connectivity index (χ0) is 22.9. The standard InChI is InChI=1S/C23H19N7O2S/c1-14-19(12-24-29(14)18-6-4-3-5-7-18)21(32)26-22-27-23-30(28-22)20(13-33-23)16-8-10-17(11-9-16)25-15(2)31/h3-13H,1-2H3,(H,25,31)(H,26,28,32). The fourth-order valence-electron chi connectivity index (χ4n) is 3.49. The molecule has 3 heterocycles. The minimum Gasteiger partial charge on any atom is -0.326 e. The Bertz CT molecular complexity index is 1470. The van der Waals surface area contributed by atoms with E-state index in [0.29, 0.717) is 10.5 Å². The molecule has 0 unspecified atom stereocenters. The van der Waals surface area contributed by atoms with E-state index >= 15 is 0 Å². The number of nitrogens with zero attached hydrogens (tertiary/aromatic N) is 5. The number of nitrogens with one attached hydrogen (secondary N) is 2. The molecule has 164 valence electrons. The van der Waals surface area contributed by atoms with Gasteiger partial charge in [-0.3, -0.25) is 14.9 Å². The first-order valence-corrected chi connectivity index (χ1v) is 11.0. The van der Waals surface area contributed by atoms with Gasteiger partial charge in [0.25, 0.3) is 11.9 Å². The van der Waals surface area contributed by atoms with Crippen LogP contribution in [-0.4, -0.2) is 36.2 Å². The summed E-state index contributed by atoms with van der Waals surface area (Å²) in [5.41, 5.74) is 4.52. The van der Waals surface area contributed by atoms with Gasteiger partial charge in [0.05, 0.1) is 28.8 Å². The smallest absolute Gasteiger partial charge is 0.261 e. The maximum absolute atomic E-state index is 12.9. The summed E-state index contributed by atoms with van der Waals surface area (Å²) >= 11 is 1.42. The lowest BCUT2D eigenvalue weighted by molar-refractivity contribution is -0.114. The van der Waals surface area contributed by atoms with E-state index in [1.165, 1.54) is 24.5 Å². The third kappa shape index (κ3) is 3.99. The van der Waals surface area contributed by atoms with Crippen LogP contribution in [0.15, 0.2) is 66.2 Å². The van der Waals surface area contributed by atoms with Gasteiger partial charge >= 0.3 is 0 Å². The number of carbonyl (C=O) groups is 2. The Morgan fingerprint density at radius 2 is 1.76 bits per heavy atom. The first-order chi connectivity index (χ1) is 16.0. The Kier molecular flexibility index (Phi) is 5.19. The minimum atomic E-state index is -0.325. The maximum atomic E-state index is 12.9. The van der Waals surface area contributed by atoms with Crippen LogP contribution in [0.3, 0.4) is 0 Å². The zero-order valence-electron chi connectivity index (χ0n) is 17.8. The lowest BCUT2D eigenvalue weighted by atomic mass is 10.1. The van der Waals surface area contributed by atoms with Crippen molar-refractivity contribution in [3.63, 3.8) is 0 Å². The third-order valence-electron chi connectivity index (χ3n) is 5.06. The van der Waals surface area contributed by atoms with Crippen molar-refractivity contribution in [1.82, 2.24) is 24.4 Å². The largest absolute Gasteiger partial charge is 0.326 e. The van der Waals surface area contributed by atoms with Gasteiger partial charge in [-0.1, -0.05) is 30.3 Å². The molecule has 0 aliphatic heterocycles. The van der Waals surface area contributed by atoms with Crippen molar-refractivity contribution in [2.24, 2.45) is 0 Å². The first kappa shape index (κ1) is 20.6. The lowest BCUT2D eigenvalue weighted by Gasteiger charge is -2.05. The highest BCUT2D eigenvalue weighted by molar-refractivity contribution is 7.15. The van der Waals surface area contributed by atoms with E-state index in [2.05, 4.69) is 25.8 Å². The fourth-order valence-corrected chi connectivity index (χ4v) is 4.32. The normalized spacial score (nSPS) is 11.0. The molecular weight excluding hydrogens is 438 g/mol. The maximum Gasteiger partial charge on any atom is 0.261 e. The molecule has 0 aliphatic rings. The average Bonchev–Trinajstić information content (AvgIpc) is 3.49. The van der Waals surface area contributed by atoms with E-state index in [1.54, 1.807) is 9.20 Å². The molecule has 0 saturated carbocycles. The second-order valence-corrected chi connectivity index (χ2v) is 8.19. The summed E-state index contributed by atoms with van der Waals surface area (Å²) in [7, 11) is 0. The highest BCUT2D eigenvalue weighted by atomic mass is 32.1. The van der Waals surface area contributed by atoms with E-state index in [4.69, 9.17) is 0 Å². The van der Waals surface area contributed by atoms with Gasteiger partial charge in [-0.2, -0.15) is 10.1 Å². The fraction of sp³-hybridized carbons (Fsp3) is 0.0870. The Labute approximate surface area is 192 Å². The molecular formula is C23H19N7O2S. The summed E-state index contributed by atoms with van der Waals surface area (Å²) < 4.78 is 3.41. The van der Waals surface area contributed by atoms with Crippen LogP contribution in [0.4, 0.5) is 11.6 Å². The van der Waals surface area contributed by atoms with Crippen LogP contribution in [0.5, 0.6) is 0 Å². The molecule has 2 amide bonds. The molecule has 0 fully saturated rings. The summed E-state index contributed by atoms with van der Waals surface area (Å²) in [5, 5.41) is 16.3. The Morgan fingerprint density at radius 3 is 2.48 bits per heavy atom. The van der Waals surface area contributed by atoms with E-state index < -0.39 is 0 Å². The van der Waals surface area contributed by atoms with Crippen LogP contribution in [0.1, 0.15) is 23.0 Å². The number of para-hydroxylation sites is 1. The van der Waals surface area contributed by atoms with Gasteiger partial charge in [0.1, 0.15) is 0 Å². The molecule has 5 rings (SSSR count). The van der Waals surface area contributed by atoms with Gasteiger partial charge in [0.2, 0.25) is 10.9 Å². The molecule has 0 atom stereocenters. The van der Waals surface area contributed by atoms with Gasteiger partial charge < -0.3 is 5.32 Å². The van der Waals surface area contributed by atoms with Gasteiger partial charge in [0.15, 0.2) is 0 Å². The number of carbonyl (C=O) groups excluding carboxylic acids is 2. The van der Waals surface area contributed by atoms with Crippen LogP contribution in [0.25, 0.3) is 21.9 Å². The second kappa shape index (κ2) is 8.32. The summed E-state index contributed by atoms with van der Waals surface area (Å²) in [6, 6.07) is 17.1. The molecule has 0 radical (unpaired) electrons. The SMILES string of the molecule is CC(=O)Nc1ccc(-c2csc3nc(NC(=O)c4cnn(-c5ccccc5)c4C)nn23)cc1. The number of thiazole rings is 1. The zero-order valence-corrected chi connectivity index (χ0v) is 18.6. The van der Waals surface area contributed by atoms with Crippen LogP contribution in [-0.2, 0) is 4.79 Å². The molecule has 2 N–H and O–H groups in total. The Balaban J connectivity index is 1.38. The van der Waals surface area contributed by atoms with Gasteiger partial charge in [0, 0.05) is 23.6 Å². The number of benzene rings is 2. The average molecular weight is 458 g/mol. The number of fused-ring (bicyclic) bond motifs is 1. The number of hydrogen-bond acceptors (Lipinski definition) is 6. The topological polar surface area (TPSA) is 106 Å². The van der Waals surface area contributed by atoms with Crippen molar-refractivity contribution in [3.05, 3.63) is 77.4 Å². The van der Waals surface area contributed by atoms with Crippen LogP contribution in [0, 0.1) is 6.92 Å².